The van der Waals surface area contributed by atoms with E-state index in [1.54, 1.807) is 6.08 Å². The van der Waals surface area contributed by atoms with Crippen molar-refractivity contribution in [3.8, 4) is 0 Å². The lowest BCUT2D eigenvalue weighted by molar-refractivity contribution is -0.161. The Morgan fingerprint density at radius 1 is 0.731 bits per heavy atom. The molecule has 9 atom stereocenters. The molecule has 0 spiro atoms. The molecule has 0 radical (unpaired) electrons. The molecule has 0 amide bonds. The number of aliphatic hydroxyl groups excluding tert-OH is 3. The third kappa shape index (κ3) is 35.2. The Morgan fingerprint density at radius 2 is 1.28 bits per heavy atom. The SMILES string of the molecule is CC/C=C\C(O)C/C=C/C=C\C/C=C\C/C=C\CCCC(=O)O[C@H](COC(=O)CCCCCCCCCCCCCCCCCCCCC(C)CC)COP(=O)(O)OP(=O)(O)OC[C@H]1O[C@@H](n2ccc(N)nc2=O)[C@H](O)[C@@H]1O. The Morgan fingerprint density at radius 3 is 1.88 bits per heavy atom. The smallest absolute Gasteiger partial charge is 0.462 e. The van der Waals surface area contributed by atoms with Crippen molar-refractivity contribution in [3.05, 3.63) is 83.5 Å². The summed E-state index contributed by atoms with van der Waals surface area (Å²) in [7, 11) is -10.9. The molecule has 78 heavy (non-hydrogen) atoms. The monoisotopic (exact) mass is 1140 g/mol. The predicted octanol–water partition coefficient (Wildman–Crippen LogP) is 11.9. The van der Waals surface area contributed by atoms with Crippen LogP contribution in [-0.2, 0) is 46.3 Å². The molecule has 0 bridgehead atoms. The van der Waals surface area contributed by atoms with Gasteiger partial charge >= 0.3 is 33.3 Å². The number of carbonyl (C=O) groups excluding carboxylic acids is 2. The lowest BCUT2D eigenvalue weighted by Crippen LogP contribution is -2.36. The second kappa shape index (κ2) is 43.2. The van der Waals surface area contributed by atoms with Crippen molar-refractivity contribution in [1.29, 1.82) is 0 Å². The Labute approximate surface area is 465 Å². The van der Waals surface area contributed by atoms with E-state index in [1.165, 1.54) is 102 Å². The Balaban J connectivity index is 1.77. The van der Waals surface area contributed by atoms with Crippen LogP contribution in [0.4, 0.5) is 5.82 Å². The third-order valence-corrected chi connectivity index (χ3v) is 15.8. The summed E-state index contributed by atoms with van der Waals surface area (Å²) in [5.74, 6) is -0.520. The molecule has 4 unspecified atom stereocenters. The van der Waals surface area contributed by atoms with E-state index in [1.807, 2.05) is 61.6 Å². The van der Waals surface area contributed by atoms with Gasteiger partial charge in [0.05, 0.1) is 19.3 Å². The van der Waals surface area contributed by atoms with Crippen molar-refractivity contribution in [2.75, 3.05) is 25.6 Å². The van der Waals surface area contributed by atoms with Crippen molar-refractivity contribution in [2.45, 2.75) is 237 Å². The summed E-state index contributed by atoms with van der Waals surface area (Å²) in [6.07, 6.45) is 40.7. The Kier molecular flexibility index (Phi) is 39.1. The van der Waals surface area contributed by atoms with Crippen LogP contribution in [0.2, 0.25) is 0 Å². The van der Waals surface area contributed by atoms with Crippen LogP contribution in [0.25, 0.3) is 0 Å². The van der Waals surface area contributed by atoms with Gasteiger partial charge in [0.25, 0.3) is 0 Å². The summed E-state index contributed by atoms with van der Waals surface area (Å²) in [4.78, 5) is 62.1. The molecule has 0 aromatic carbocycles. The standard InChI is InChI=1S/C57H97N3O16P2/c1-4-6-38-48(61)39-34-30-26-22-18-15-16-20-24-28-32-36-41-53(63)74-49(44-71-52(62)40-35-31-27-23-19-14-12-10-8-7-9-11-13-17-21-25-29-33-37-47(3)5-2)45-72-77(67,68)76-78(69,70)73-46-50-54(64)55(65)56(75-50)60-43-42-51(58)59-57(60)66/h6,15-16,22,24,26,28,30,34,38,42-43,47-50,54-56,61,64-65H,4-5,7-14,17-21,23,25,27,29,31-33,35-37,39-41,44-46H2,1-3H3,(H,67,68)(H,69,70)(H2,58,59,66)/b16-15-,26-22-,28-24-,34-30+,38-6-/t47?,48?,49-,50-,54-,55-,56-/m1/s1. The molecule has 0 aliphatic carbocycles. The number of carbonyl (C=O) groups is 2. The molecule has 1 aromatic heterocycles. The van der Waals surface area contributed by atoms with E-state index in [2.05, 4.69) is 23.1 Å². The maximum atomic E-state index is 12.9. The first-order valence-electron chi connectivity index (χ1n) is 28.8. The number of allylic oxidation sites excluding steroid dienone is 8. The first kappa shape index (κ1) is 70.5. The van der Waals surface area contributed by atoms with E-state index in [-0.39, 0.29) is 18.7 Å². The fourth-order valence-electron chi connectivity index (χ4n) is 8.41. The average molecular weight is 1140 g/mol. The summed E-state index contributed by atoms with van der Waals surface area (Å²) in [5, 5.41) is 30.8. The molecule has 446 valence electrons. The average Bonchev–Trinajstić information content (AvgIpc) is 3.71. The molecule has 0 saturated carbocycles. The second-order valence-corrected chi connectivity index (χ2v) is 23.3. The fourth-order valence-corrected chi connectivity index (χ4v) is 10.5. The van der Waals surface area contributed by atoms with E-state index in [9.17, 15) is 48.6 Å². The zero-order valence-electron chi connectivity index (χ0n) is 47.0. The number of aromatic nitrogens is 2. The number of unbranched alkanes of at least 4 members (excludes halogenated alkanes) is 18. The van der Waals surface area contributed by atoms with Crippen LogP contribution in [0.3, 0.4) is 0 Å². The Bertz CT molecular complexity index is 2080. The van der Waals surface area contributed by atoms with E-state index in [0.29, 0.717) is 32.1 Å². The molecule has 19 nitrogen and oxygen atoms in total. The van der Waals surface area contributed by atoms with E-state index in [4.69, 9.17) is 29.0 Å². The molecule has 1 aliphatic rings. The van der Waals surface area contributed by atoms with Crippen molar-refractivity contribution < 1.29 is 71.4 Å². The molecule has 1 aromatic rings. The molecular formula is C57H97N3O16P2. The molecule has 2 rings (SSSR count). The highest BCUT2D eigenvalue weighted by molar-refractivity contribution is 7.61. The number of nitrogen functional groups attached to an aromatic ring is 1. The summed E-state index contributed by atoms with van der Waals surface area (Å²) < 4.78 is 56.9. The van der Waals surface area contributed by atoms with Gasteiger partial charge in [0.15, 0.2) is 12.3 Å². The minimum absolute atomic E-state index is 0.0466. The Hall–Kier alpha value is -3.58. The van der Waals surface area contributed by atoms with Crippen LogP contribution in [0.15, 0.2) is 77.8 Å². The number of hydrogen-bond donors (Lipinski definition) is 6. The maximum Gasteiger partial charge on any atom is 0.481 e. The normalized spacial score (nSPS) is 19.8. The highest BCUT2D eigenvalue weighted by Gasteiger charge is 2.46. The van der Waals surface area contributed by atoms with Crippen molar-refractivity contribution in [1.82, 2.24) is 9.55 Å². The van der Waals surface area contributed by atoms with Crippen LogP contribution in [0.1, 0.15) is 207 Å². The fraction of sp³-hybridized carbons (Fsp3) is 0.719. The quantitative estimate of drug-likeness (QED) is 0.0116. The van der Waals surface area contributed by atoms with Gasteiger partial charge in [0.1, 0.15) is 30.7 Å². The largest absolute Gasteiger partial charge is 0.481 e. The summed E-state index contributed by atoms with van der Waals surface area (Å²) in [6.45, 7) is 4.27. The summed E-state index contributed by atoms with van der Waals surface area (Å²) in [6, 6.07) is 1.24. The lowest BCUT2D eigenvalue weighted by Gasteiger charge is -2.21. The van der Waals surface area contributed by atoms with Crippen LogP contribution in [0.5, 0.6) is 0 Å². The van der Waals surface area contributed by atoms with Crippen LogP contribution in [0, 0.1) is 5.92 Å². The van der Waals surface area contributed by atoms with Gasteiger partial charge in [-0.25, -0.2) is 13.9 Å². The van der Waals surface area contributed by atoms with Gasteiger partial charge in [0.2, 0.25) is 0 Å². The van der Waals surface area contributed by atoms with Gasteiger partial charge in [-0.3, -0.25) is 23.2 Å². The maximum absolute atomic E-state index is 12.9. The number of phosphoric ester groups is 2. The number of ether oxygens (including phenoxy) is 3. The van der Waals surface area contributed by atoms with Crippen molar-refractivity contribution in [3.63, 3.8) is 0 Å². The minimum atomic E-state index is -5.45. The predicted molar refractivity (Wildman–Crippen MR) is 304 cm³/mol. The molecule has 1 saturated heterocycles. The van der Waals surface area contributed by atoms with E-state index >= 15 is 0 Å². The number of anilines is 1. The zero-order valence-corrected chi connectivity index (χ0v) is 48.8. The number of phosphoric acid groups is 2. The number of esters is 2. The summed E-state index contributed by atoms with van der Waals surface area (Å²) >= 11 is 0. The highest BCUT2D eigenvalue weighted by atomic mass is 31.3. The van der Waals surface area contributed by atoms with Gasteiger partial charge < -0.3 is 45.1 Å². The number of nitrogens with zero attached hydrogens (tertiary/aromatic N) is 2. The van der Waals surface area contributed by atoms with Crippen LogP contribution < -0.4 is 11.4 Å². The van der Waals surface area contributed by atoms with Crippen LogP contribution >= 0.6 is 15.6 Å². The van der Waals surface area contributed by atoms with Gasteiger partial charge in [-0.05, 0) is 56.9 Å². The van der Waals surface area contributed by atoms with Crippen molar-refractivity contribution >= 4 is 33.4 Å². The third-order valence-electron chi connectivity index (χ3n) is 13.2. The van der Waals surface area contributed by atoms with E-state index < -0.39 is 89.8 Å². The van der Waals surface area contributed by atoms with Gasteiger partial charge in [0, 0.05) is 19.0 Å². The number of rotatable bonds is 47. The highest BCUT2D eigenvalue weighted by Crippen LogP contribution is 2.60. The number of aliphatic hydroxyl groups is 3. The first-order chi connectivity index (χ1) is 37.5. The molecule has 1 aliphatic heterocycles. The molecular weight excluding hydrogens is 1040 g/mol. The second-order valence-electron chi connectivity index (χ2n) is 20.2. The molecule has 7 N–H and O–H groups in total. The topological polar surface area (TPSA) is 286 Å². The molecule has 1 fully saturated rings. The van der Waals surface area contributed by atoms with Crippen LogP contribution in [-0.4, -0.2) is 96.9 Å². The van der Waals surface area contributed by atoms with E-state index in [0.717, 1.165) is 55.2 Å². The first-order valence-corrected chi connectivity index (χ1v) is 31.8. The summed E-state index contributed by atoms with van der Waals surface area (Å²) in [5.41, 5.74) is 4.59. The lowest BCUT2D eigenvalue weighted by atomic mass is 9.99. The van der Waals surface area contributed by atoms with Crippen molar-refractivity contribution in [2.24, 2.45) is 5.92 Å². The minimum Gasteiger partial charge on any atom is -0.462 e. The van der Waals surface area contributed by atoms with Gasteiger partial charge in [-0.15, -0.1) is 0 Å². The number of nitrogens with two attached hydrogens (primary N) is 1. The zero-order chi connectivity index (χ0) is 57.3. The van der Waals surface area contributed by atoms with Gasteiger partial charge in [-0.1, -0.05) is 204 Å². The number of hydrogen-bond acceptors (Lipinski definition) is 16. The van der Waals surface area contributed by atoms with Gasteiger partial charge in [-0.2, -0.15) is 9.29 Å². The molecule has 2 heterocycles. The molecule has 21 heteroatoms.